The minimum Gasteiger partial charge on any atom is -0.407 e. The smallest absolute Gasteiger partial charge is 0.261 e. The van der Waals surface area contributed by atoms with Gasteiger partial charge in [0.2, 0.25) is 0 Å². The van der Waals surface area contributed by atoms with E-state index in [-0.39, 0.29) is 10.1 Å². The minimum atomic E-state index is -2.87. The molecule has 0 radical (unpaired) electrons. The predicted molar refractivity (Wildman–Crippen MR) is 221 cm³/mol. The van der Waals surface area contributed by atoms with E-state index in [9.17, 15) is 10.2 Å². The summed E-state index contributed by atoms with van der Waals surface area (Å²) in [5.74, 6) is 0. The summed E-state index contributed by atoms with van der Waals surface area (Å²) in [5.41, 5.74) is -1.22. The highest BCUT2D eigenvalue weighted by molar-refractivity contribution is 7.00. The Labute approximate surface area is 315 Å². The zero-order valence-corrected chi connectivity index (χ0v) is 34.2. The first-order valence-electron chi connectivity index (χ1n) is 19.3. The number of benzene rings is 4. The Morgan fingerprint density at radius 2 is 0.788 bits per heavy atom. The number of hydrogen-bond acceptors (Lipinski definition) is 4. The van der Waals surface area contributed by atoms with Crippen LogP contribution in [0.1, 0.15) is 80.1 Å². The molecule has 2 N–H and O–H groups in total. The van der Waals surface area contributed by atoms with E-state index in [0.717, 1.165) is 25.7 Å². The molecule has 2 aliphatic carbocycles. The lowest BCUT2D eigenvalue weighted by molar-refractivity contribution is -0.136. The minimum absolute atomic E-state index is 0.181. The molecule has 0 aromatic heterocycles. The van der Waals surface area contributed by atoms with Crippen molar-refractivity contribution in [3.63, 3.8) is 0 Å². The van der Waals surface area contributed by atoms with E-state index in [1.807, 2.05) is 0 Å². The van der Waals surface area contributed by atoms with Crippen LogP contribution < -0.4 is 20.7 Å². The van der Waals surface area contributed by atoms with Gasteiger partial charge >= 0.3 is 0 Å². The molecule has 6 heteroatoms. The fraction of sp³-hybridized carbons (Fsp3) is 0.435. The Morgan fingerprint density at radius 1 is 0.500 bits per heavy atom. The van der Waals surface area contributed by atoms with Crippen molar-refractivity contribution in [3.8, 4) is 0 Å². The van der Waals surface area contributed by atoms with Gasteiger partial charge in [-0.25, -0.2) is 0 Å². The van der Waals surface area contributed by atoms with Crippen molar-refractivity contribution in [2.45, 2.75) is 102 Å². The monoisotopic (exact) mass is 732 g/mol. The highest BCUT2D eigenvalue weighted by Gasteiger charge is 2.57. The number of aliphatic hydroxyl groups excluding tert-OH is 2. The van der Waals surface area contributed by atoms with Crippen LogP contribution in [-0.4, -0.2) is 52.3 Å². The van der Waals surface area contributed by atoms with Gasteiger partial charge in [-0.2, -0.15) is 0 Å². The number of aliphatic hydroxyl groups is 2. The first-order chi connectivity index (χ1) is 24.8. The van der Waals surface area contributed by atoms with Crippen molar-refractivity contribution in [3.05, 3.63) is 133 Å². The summed E-state index contributed by atoms with van der Waals surface area (Å²) in [4.78, 5) is 0. The van der Waals surface area contributed by atoms with Crippen molar-refractivity contribution in [1.29, 1.82) is 0 Å². The molecule has 0 bridgehead atoms. The normalized spacial score (nSPS) is 18.7. The lowest BCUT2D eigenvalue weighted by Crippen LogP contribution is -2.68. The van der Waals surface area contributed by atoms with Gasteiger partial charge in [-0.05, 0) is 56.5 Å². The highest BCUT2D eigenvalue weighted by Crippen LogP contribution is 2.50. The van der Waals surface area contributed by atoms with Crippen molar-refractivity contribution in [1.82, 2.24) is 0 Å². The van der Waals surface area contributed by atoms with Gasteiger partial charge in [-0.1, -0.05) is 188 Å². The van der Waals surface area contributed by atoms with Crippen LogP contribution in [0, 0.1) is 10.8 Å². The number of hydrogen-bond donors (Lipinski definition) is 2. The van der Waals surface area contributed by atoms with Crippen LogP contribution in [0.3, 0.4) is 0 Å². The molecule has 0 aliphatic heterocycles. The molecule has 2 unspecified atom stereocenters. The summed E-state index contributed by atoms with van der Waals surface area (Å²) in [6.07, 6.45) is 7.39. The summed E-state index contributed by atoms with van der Waals surface area (Å²) >= 11 is 0. The van der Waals surface area contributed by atoms with Gasteiger partial charge in [0.25, 0.3) is 16.6 Å². The Kier molecular flexibility index (Phi) is 11.4. The number of rotatable bonds is 13. The molecule has 1 saturated carbocycles. The van der Waals surface area contributed by atoms with Gasteiger partial charge in [-0.15, -0.1) is 0 Å². The Hall–Kier alpha value is -3.11. The third-order valence-corrected chi connectivity index (χ3v) is 22.3. The molecule has 0 spiro atoms. The quantitative estimate of drug-likeness (QED) is 0.109. The molecule has 4 aromatic rings. The first kappa shape index (κ1) is 38.6. The van der Waals surface area contributed by atoms with Crippen LogP contribution in [0.25, 0.3) is 0 Å². The van der Waals surface area contributed by atoms with E-state index in [4.69, 9.17) is 8.85 Å². The second-order valence-electron chi connectivity index (χ2n) is 17.6. The summed E-state index contributed by atoms with van der Waals surface area (Å²) in [5, 5.41) is 29.9. The molecular formula is C46H60O4Si2. The van der Waals surface area contributed by atoms with Gasteiger partial charge in [0.15, 0.2) is 0 Å². The van der Waals surface area contributed by atoms with Crippen LogP contribution >= 0.6 is 0 Å². The van der Waals surface area contributed by atoms with E-state index in [0.29, 0.717) is 26.1 Å². The first-order valence-corrected chi connectivity index (χ1v) is 23.1. The fourth-order valence-corrected chi connectivity index (χ4v) is 18.8. The fourth-order valence-electron chi connectivity index (χ4n) is 9.47. The van der Waals surface area contributed by atoms with Crippen LogP contribution in [0.5, 0.6) is 0 Å². The molecule has 4 nitrogen and oxygen atoms in total. The summed E-state index contributed by atoms with van der Waals surface area (Å²) in [6.45, 7) is 14.5. The van der Waals surface area contributed by atoms with E-state index >= 15 is 0 Å². The lowest BCUT2D eigenvalue weighted by atomic mass is 9.69. The van der Waals surface area contributed by atoms with Crippen molar-refractivity contribution in [2.24, 2.45) is 10.8 Å². The molecule has 2 atom stereocenters. The van der Waals surface area contributed by atoms with Crippen LogP contribution in [0.2, 0.25) is 10.1 Å². The van der Waals surface area contributed by atoms with Gasteiger partial charge in [-0.3, -0.25) is 0 Å². The van der Waals surface area contributed by atoms with Crippen molar-refractivity contribution in [2.75, 3.05) is 13.2 Å². The second-order valence-corrected chi connectivity index (χ2v) is 26.2. The highest BCUT2D eigenvalue weighted by atomic mass is 28.4. The molecule has 6 rings (SSSR count). The Balaban J connectivity index is 1.36. The molecule has 0 heterocycles. The number of allylic oxidation sites excluding steroid dienone is 2. The SMILES string of the molecule is CC(C)(C)[Si](OCC1(C(O)C(O)C2(CO[Si](c3ccccc3)(c3ccccc3)C(C)(C)C)CCCC2)CC=CC1)(c1ccccc1)c1ccccc1. The molecule has 52 heavy (non-hydrogen) atoms. The summed E-state index contributed by atoms with van der Waals surface area (Å²) in [6, 6.07) is 42.9. The summed E-state index contributed by atoms with van der Waals surface area (Å²) in [7, 11) is -5.73. The van der Waals surface area contributed by atoms with Gasteiger partial charge in [0.1, 0.15) is 0 Å². The molecule has 4 aromatic carbocycles. The summed E-state index contributed by atoms with van der Waals surface area (Å²) < 4.78 is 15.0. The van der Waals surface area contributed by atoms with Gasteiger partial charge in [0.05, 0.1) is 12.2 Å². The van der Waals surface area contributed by atoms with Crippen molar-refractivity contribution < 1.29 is 19.1 Å². The van der Waals surface area contributed by atoms with Crippen LogP contribution in [0.4, 0.5) is 0 Å². The standard InChI is InChI=1S/C46H60O4Si2/c1-43(2,3)51(37-23-11-7-12-24-37,38-25-13-8-14-26-38)49-35-45(31-19-20-32-45)41(47)42(48)46(33-21-22-34-46)36-50-52(44(4,5)6,39-27-15-9-16-28-39)40-29-17-10-18-30-40/h7-20,23-30,41-42,47-48H,21-22,31-36H2,1-6H3. The van der Waals surface area contributed by atoms with Crippen LogP contribution in [0.15, 0.2) is 133 Å². The van der Waals surface area contributed by atoms with E-state index < -0.39 is 39.7 Å². The largest absolute Gasteiger partial charge is 0.407 e. The third kappa shape index (κ3) is 6.99. The average Bonchev–Trinajstić information content (AvgIpc) is 3.84. The Bertz CT molecular complexity index is 1540. The topological polar surface area (TPSA) is 58.9 Å². The maximum Gasteiger partial charge on any atom is 0.261 e. The molecule has 2 aliphatic rings. The molecule has 1 fully saturated rings. The molecule has 276 valence electrons. The Morgan fingerprint density at radius 3 is 1.10 bits per heavy atom. The maximum absolute atomic E-state index is 12.7. The second kappa shape index (κ2) is 15.3. The van der Waals surface area contributed by atoms with Gasteiger partial charge in [0, 0.05) is 24.0 Å². The molecular weight excluding hydrogens is 673 g/mol. The van der Waals surface area contributed by atoms with E-state index in [1.165, 1.54) is 20.7 Å². The maximum atomic E-state index is 12.7. The third-order valence-electron chi connectivity index (χ3n) is 12.4. The molecule has 0 amide bonds. The zero-order valence-electron chi connectivity index (χ0n) is 32.2. The molecule has 0 saturated heterocycles. The lowest BCUT2D eigenvalue weighted by Gasteiger charge is -2.49. The van der Waals surface area contributed by atoms with Crippen LogP contribution in [-0.2, 0) is 8.85 Å². The van der Waals surface area contributed by atoms with E-state index in [2.05, 4.69) is 175 Å². The van der Waals surface area contributed by atoms with E-state index in [1.54, 1.807) is 0 Å². The van der Waals surface area contributed by atoms with Crippen molar-refractivity contribution >= 4 is 37.4 Å². The predicted octanol–water partition coefficient (Wildman–Crippen LogP) is 7.76. The zero-order chi connectivity index (χ0) is 37.1. The van der Waals surface area contributed by atoms with Gasteiger partial charge < -0.3 is 19.1 Å². The average molecular weight is 733 g/mol.